The van der Waals surface area contributed by atoms with Crippen molar-refractivity contribution >= 4 is 112 Å². The van der Waals surface area contributed by atoms with Gasteiger partial charge in [-0.3, -0.25) is 91.5 Å². The molecule has 1 aliphatic rings. The van der Waals surface area contributed by atoms with Crippen LogP contribution in [0.15, 0.2) is 9.98 Å². The lowest BCUT2D eigenvalue weighted by atomic mass is 10.0. The Kier molecular flexibility index (Phi) is 63.2. The largest absolute Gasteiger partial charge is 0.481 e. The predicted molar refractivity (Wildman–Crippen MR) is 486 cm³/mol. The zero-order valence-electron chi connectivity index (χ0n) is 75.8. The van der Waals surface area contributed by atoms with Crippen molar-refractivity contribution in [1.29, 1.82) is 0 Å². The maximum absolute atomic E-state index is 14.7. The number of aliphatic carboxylic acids is 2. The molecule has 49 nitrogen and oxygen atoms in total. The highest BCUT2D eigenvalue weighted by Gasteiger charge is 2.38. The van der Waals surface area contributed by atoms with E-state index in [0.29, 0.717) is 96.4 Å². The first-order valence-corrected chi connectivity index (χ1v) is 45.4. The van der Waals surface area contributed by atoms with Crippen molar-refractivity contribution in [3.05, 3.63) is 0 Å². The van der Waals surface area contributed by atoms with Crippen LogP contribution in [0, 0.1) is 5.92 Å². The first-order valence-electron chi connectivity index (χ1n) is 45.4. The Balaban J connectivity index is 3.60. The normalized spacial score (nSPS) is 15.0. The van der Waals surface area contributed by atoms with Crippen LogP contribution in [0.25, 0.3) is 0 Å². The Morgan fingerprint density at radius 2 is 0.538 bits per heavy atom. The summed E-state index contributed by atoms with van der Waals surface area (Å²) in [5.41, 5.74) is 68.7. The number of guanidine groups is 2. The maximum Gasteiger partial charge on any atom is 0.322 e. The fourth-order valence-corrected chi connectivity index (χ4v) is 13.7. The van der Waals surface area contributed by atoms with Gasteiger partial charge in [-0.15, -0.1) is 0 Å². The van der Waals surface area contributed by atoms with E-state index in [0.717, 1.165) is 0 Å². The minimum atomic E-state index is -1.62. The number of carbonyl (C=O) groups is 17. The van der Waals surface area contributed by atoms with E-state index in [1.807, 2.05) is 0 Å². The van der Waals surface area contributed by atoms with Crippen LogP contribution in [0.2, 0.25) is 0 Å². The molecule has 742 valence electrons. The molecule has 42 N–H and O–H groups in total. The van der Waals surface area contributed by atoms with Crippen molar-refractivity contribution in [2.45, 2.75) is 298 Å². The molecule has 0 radical (unpaired) electrons. The van der Waals surface area contributed by atoms with Crippen molar-refractivity contribution in [2.75, 3.05) is 91.6 Å². The molecule has 49 heteroatoms. The molecule has 13 atom stereocenters. The van der Waals surface area contributed by atoms with Crippen molar-refractivity contribution < 1.29 is 91.7 Å². The van der Waals surface area contributed by atoms with Gasteiger partial charge in [0.05, 0.1) is 25.6 Å². The number of rotatable bonds is 75. The SMILES string of the molecule is CC(C)C[C@H](NC(=O)CNC(=O)[C@H](CCCCN)NC(=O)[C@H](CCCCN)NC(=O)[C@H](CCCN=C(N)N)NC(=O)[C@H](CC(=O)O)NC(=O)[C@@H]1CCCN1)C(=O)N[C@@H](CCCCN)C(=O)NCC(=O)N[C@@H](CCCCN)C(=O)N[C@@H](CCCCN)C(=O)N[C@@H](CCCCN)C(=O)N[C@@H](CCCN=C(N)N)C(=O)N[C@@H](CCCCN)C(=O)N[C@@H](CCCCN)C(=O)NCC(=O)O. The lowest BCUT2D eigenvalue weighted by molar-refractivity contribution is -0.141. The van der Waals surface area contributed by atoms with Gasteiger partial charge in [-0.05, 0) is 264 Å². The Labute approximate surface area is 760 Å². The van der Waals surface area contributed by atoms with Crippen LogP contribution in [0.5, 0.6) is 0 Å². The van der Waals surface area contributed by atoms with Crippen LogP contribution in [-0.4, -0.2) is 293 Å². The third-order valence-corrected chi connectivity index (χ3v) is 20.8. The van der Waals surface area contributed by atoms with Crippen LogP contribution in [0.1, 0.15) is 219 Å². The van der Waals surface area contributed by atoms with Gasteiger partial charge in [0, 0.05) is 13.1 Å². The Morgan fingerprint density at radius 1 is 0.300 bits per heavy atom. The summed E-state index contributed by atoms with van der Waals surface area (Å²) in [5, 5.41) is 60.9. The number of aliphatic imine (C=N–C) groups is 2. The van der Waals surface area contributed by atoms with Gasteiger partial charge in [0.2, 0.25) is 88.6 Å². The van der Waals surface area contributed by atoms with Crippen molar-refractivity contribution in [3.8, 4) is 0 Å². The fraction of sp³-hybridized carbons (Fsp3) is 0.765. The highest BCUT2D eigenvalue weighted by molar-refractivity contribution is 6.00. The van der Waals surface area contributed by atoms with Crippen LogP contribution < -0.4 is 154 Å². The van der Waals surface area contributed by atoms with Crippen molar-refractivity contribution in [3.63, 3.8) is 0 Å². The zero-order chi connectivity index (χ0) is 97.3. The number of carboxylic acids is 2. The van der Waals surface area contributed by atoms with Gasteiger partial charge in [0.1, 0.15) is 79.0 Å². The summed E-state index contributed by atoms with van der Waals surface area (Å²) in [6, 6.07) is -17.3. The number of nitrogens with two attached hydrogens (primary N) is 12. The summed E-state index contributed by atoms with van der Waals surface area (Å²) in [5.74, 6) is -16.2. The molecule has 130 heavy (non-hydrogen) atoms. The molecule has 0 bridgehead atoms. The summed E-state index contributed by atoms with van der Waals surface area (Å²) in [6.07, 6.45) is 5.70. The van der Waals surface area contributed by atoms with Crippen LogP contribution in [-0.2, 0) is 81.5 Å². The molecule has 1 aliphatic heterocycles. The molecule has 1 heterocycles. The molecule has 1 saturated heterocycles. The first kappa shape index (κ1) is 117. The second kappa shape index (κ2) is 70.1. The Bertz CT molecular complexity index is 3540. The monoisotopic (exact) mass is 1850 g/mol. The third kappa shape index (κ3) is 52.7. The van der Waals surface area contributed by atoms with E-state index in [1.165, 1.54) is 0 Å². The van der Waals surface area contributed by atoms with Crippen molar-refractivity contribution in [2.24, 2.45) is 84.7 Å². The molecule has 0 aromatic carbocycles. The van der Waals surface area contributed by atoms with Gasteiger partial charge in [-0.2, -0.15) is 0 Å². The molecular weight excluding hydrogens is 1700 g/mol. The van der Waals surface area contributed by atoms with E-state index < -0.39 is 205 Å². The molecule has 0 aromatic heterocycles. The minimum Gasteiger partial charge on any atom is -0.481 e. The second-order valence-corrected chi connectivity index (χ2v) is 32.4. The summed E-state index contributed by atoms with van der Waals surface area (Å²) < 4.78 is 0. The van der Waals surface area contributed by atoms with E-state index in [1.54, 1.807) is 13.8 Å². The Morgan fingerprint density at radius 3 is 0.777 bits per heavy atom. The van der Waals surface area contributed by atoms with E-state index in [4.69, 9.17) is 68.8 Å². The number of amides is 15. The van der Waals surface area contributed by atoms with E-state index in [-0.39, 0.29) is 192 Å². The quantitative estimate of drug-likeness (QED) is 0.0153. The standard InChI is InChI=1S/C81H154N30O19/c1-49(2)44-61(101-64(113)47-98-67(118)51(22-3-11-33-82)102-72(123)55(26-7-15-37-86)108-77(128)60(32-21-43-96-81(92)93)110-79(130)62(45-65(114)115)111-70(121)50-30-19-41-94-50)78(129)104-52(23-4-12-34-83)68(119)97-46-63(112)100-54(25-6-14-36-85)71(122)105-57(28-9-17-39-88)74(125)106-58(29-10-18-40-89)75(126)109-59(31-20-42-95-80(90)91)76(127)107-56(27-8-16-38-87)73(124)103-53(24-5-13-35-84)69(120)99-48-66(116)117/h49-62,94H,3-48,82-89H2,1-2H3,(H,97,119)(H,98,118)(H,99,120)(H,100,112)(H,101,113)(H,102,123)(H,103,124)(H,104,129)(H,105,122)(H,106,125)(H,107,127)(H,108,128)(H,109,126)(H,110,130)(H,111,121)(H,114,115)(H,116,117)(H4,90,91,95)(H4,92,93,96)/t50-,51-,52-,53-,54-,55-,56-,57-,58-,59-,60-,61-,62-/m0/s1. The molecule has 0 saturated carbocycles. The van der Waals surface area contributed by atoms with E-state index >= 15 is 0 Å². The number of carboxylic acid groups (broad SMARTS) is 2. The van der Waals surface area contributed by atoms with Gasteiger partial charge >= 0.3 is 11.9 Å². The van der Waals surface area contributed by atoms with Gasteiger partial charge in [0.25, 0.3) is 0 Å². The molecule has 1 rings (SSSR count). The average Bonchev–Trinajstić information content (AvgIpc) is 0.972. The average molecular weight is 1850 g/mol. The number of nitrogens with one attached hydrogen (secondary N) is 16. The highest BCUT2D eigenvalue weighted by Crippen LogP contribution is 2.16. The lowest BCUT2D eigenvalue weighted by Crippen LogP contribution is -2.60. The number of hydrogen-bond acceptors (Lipinski definition) is 28. The van der Waals surface area contributed by atoms with Gasteiger partial charge in [-0.1, -0.05) is 13.8 Å². The van der Waals surface area contributed by atoms with Gasteiger partial charge in [-0.25, -0.2) is 0 Å². The fourth-order valence-electron chi connectivity index (χ4n) is 13.7. The van der Waals surface area contributed by atoms with Crippen molar-refractivity contribution in [1.82, 2.24) is 85.1 Å². The predicted octanol–water partition coefficient (Wildman–Crippen LogP) is -9.35. The second-order valence-electron chi connectivity index (χ2n) is 32.4. The summed E-state index contributed by atoms with van der Waals surface area (Å²) in [7, 11) is 0. The molecule has 0 aliphatic carbocycles. The molecule has 15 amide bonds. The first-order chi connectivity index (χ1) is 62.0. The van der Waals surface area contributed by atoms with E-state index in [9.17, 15) is 91.7 Å². The molecule has 1 fully saturated rings. The zero-order valence-corrected chi connectivity index (χ0v) is 75.8. The summed E-state index contributed by atoms with van der Waals surface area (Å²) >= 11 is 0. The molecule has 0 spiro atoms. The number of nitrogens with zero attached hydrogens (tertiary/aromatic N) is 2. The van der Waals surface area contributed by atoms with Crippen LogP contribution in [0.4, 0.5) is 0 Å². The topological polar surface area (TPSA) is 860 Å². The van der Waals surface area contributed by atoms with E-state index in [2.05, 4.69) is 95.1 Å². The number of unbranched alkanes of at least 4 members (excludes halogenated alkanes) is 8. The minimum absolute atomic E-state index is 0.00319. The van der Waals surface area contributed by atoms with Crippen LogP contribution in [0.3, 0.4) is 0 Å². The van der Waals surface area contributed by atoms with Crippen LogP contribution >= 0.6 is 0 Å². The molecular formula is C81H154N30O19. The number of hydrogen-bond donors (Lipinski definition) is 30. The smallest absolute Gasteiger partial charge is 0.322 e. The summed E-state index contributed by atoms with van der Waals surface area (Å²) in [4.78, 5) is 243. The number of carbonyl (C=O) groups excluding carboxylic acids is 15. The van der Waals surface area contributed by atoms with Gasteiger partial charge in [0.15, 0.2) is 11.9 Å². The molecule has 0 unspecified atom stereocenters. The van der Waals surface area contributed by atoms with Gasteiger partial charge < -0.3 is 164 Å². The lowest BCUT2D eigenvalue weighted by Gasteiger charge is -2.28. The highest BCUT2D eigenvalue weighted by atomic mass is 16.4. The maximum atomic E-state index is 14.7. The Hall–Kier alpha value is -10.8. The summed E-state index contributed by atoms with van der Waals surface area (Å²) in [6.45, 7) is 3.45. The third-order valence-electron chi connectivity index (χ3n) is 20.8. The molecule has 0 aromatic rings.